The smallest absolute Gasteiger partial charge is 0.214 e. The molecule has 6 heteroatoms. The van der Waals surface area contributed by atoms with Crippen molar-refractivity contribution in [3.05, 3.63) is 16.9 Å². The Morgan fingerprint density at radius 1 is 1.61 bits per heavy atom. The van der Waals surface area contributed by atoms with Crippen LogP contribution in [0, 0.1) is 0 Å². The summed E-state index contributed by atoms with van der Waals surface area (Å²) in [6, 6.07) is 0. The Morgan fingerprint density at radius 2 is 2.28 bits per heavy atom. The van der Waals surface area contributed by atoms with Crippen LogP contribution in [0.3, 0.4) is 0 Å². The minimum Gasteiger partial charge on any atom is -0.370 e. The second kappa shape index (κ2) is 5.38. The van der Waals surface area contributed by atoms with Gasteiger partial charge in [-0.05, 0) is 32.9 Å². The number of carbonyl (C=O) groups is 1. The molecule has 2 rings (SSSR count). The van der Waals surface area contributed by atoms with Crippen molar-refractivity contribution in [2.24, 2.45) is 0 Å². The number of aromatic nitrogens is 2. The number of Topliss-reactive ketones (excluding diaryl/α,β-unsaturated/α-hetero) is 1. The van der Waals surface area contributed by atoms with Crippen LogP contribution < -0.4 is 5.32 Å². The first-order valence-corrected chi connectivity index (χ1v) is 6.54. The molecule has 2 heterocycles. The molecule has 1 aromatic rings. The number of hydrogen-bond acceptors (Lipinski definition) is 4. The zero-order chi connectivity index (χ0) is 13.2. The van der Waals surface area contributed by atoms with Gasteiger partial charge in [0.2, 0.25) is 5.78 Å². The van der Waals surface area contributed by atoms with E-state index in [-0.39, 0.29) is 5.78 Å². The fourth-order valence-electron chi connectivity index (χ4n) is 2.40. The highest BCUT2D eigenvalue weighted by molar-refractivity contribution is 6.34. The third-order valence-electron chi connectivity index (χ3n) is 3.53. The van der Waals surface area contributed by atoms with Gasteiger partial charge in [-0.25, -0.2) is 0 Å². The second-order valence-corrected chi connectivity index (χ2v) is 4.84. The summed E-state index contributed by atoms with van der Waals surface area (Å²) in [7, 11) is 1.59. The normalized spacial score (nSPS) is 18.8. The Kier molecular flexibility index (Phi) is 4.04. The highest BCUT2D eigenvalue weighted by Crippen LogP contribution is 2.30. The van der Waals surface area contributed by atoms with E-state index in [0.717, 1.165) is 13.1 Å². The second-order valence-electron chi connectivity index (χ2n) is 4.43. The van der Waals surface area contributed by atoms with Gasteiger partial charge in [-0.1, -0.05) is 11.6 Å². The van der Waals surface area contributed by atoms with Crippen LogP contribution >= 0.6 is 11.6 Å². The lowest BCUT2D eigenvalue weighted by Crippen LogP contribution is -2.49. The fraction of sp³-hybridized carbons (Fsp3) is 0.667. The molecule has 1 aromatic heterocycles. The number of piperidine rings is 1. The van der Waals surface area contributed by atoms with E-state index in [2.05, 4.69) is 10.4 Å². The van der Waals surface area contributed by atoms with Crippen molar-refractivity contribution in [1.82, 2.24) is 15.1 Å². The zero-order valence-corrected chi connectivity index (χ0v) is 11.5. The van der Waals surface area contributed by atoms with Crippen molar-refractivity contribution < 1.29 is 9.53 Å². The van der Waals surface area contributed by atoms with Gasteiger partial charge in [-0.2, -0.15) is 5.10 Å². The van der Waals surface area contributed by atoms with Crippen LogP contribution in [0.25, 0.3) is 0 Å². The summed E-state index contributed by atoms with van der Waals surface area (Å²) >= 11 is 6.08. The SMILES string of the molecule is CCn1ncc(Cl)c1C(=O)C1(OC)CCNCC1. The van der Waals surface area contributed by atoms with Gasteiger partial charge < -0.3 is 10.1 Å². The van der Waals surface area contributed by atoms with Crippen molar-refractivity contribution in [3.63, 3.8) is 0 Å². The van der Waals surface area contributed by atoms with Crippen LogP contribution in [0.1, 0.15) is 30.3 Å². The number of aryl methyl sites for hydroxylation is 1. The molecule has 0 aromatic carbocycles. The molecule has 0 spiro atoms. The quantitative estimate of drug-likeness (QED) is 0.844. The van der Waals surface area contributed by atoms with Crippen LogP contribution in [0.2, 0.25) is 5.02 Å². The summed E-state index contributed by atoms with van der Waals surface area (Å²) in [5.74, 6) is -0.0594. The highest BCUT2D eigenvalue weighted by atomic mass is 35.5. The molecular formula is C12H18ClN3O2. The molecule has 5 nitrogen and oxygen atoms in total. The zero-order valence-electron chi connectivity index (χ0n) is 10.7. The predicted molar refractivity (Wildman–Crippen MR) is 69.1 cm³/mol. The molecule has 1 N–H and O–H groups in total. The number of carbonyl (C=O) groups excluding carboxylic acids is 1. The molecule has 18 heavy (non-hydrogen) atoms. The summed E-state index contributed by atoms with van der Waals surface area (Å²) in [4.78, 5) is 12.7. The van der Waals surface area contributed by atoms with E-state index < -0.39 is 5.60 Å². The number of nitrogens with zero attached hydrogens (tertiary/aromatic N) is 2. The molecular weight excluding hydrogens is 254 g/mol. The first-order valence-electron chi connectivity index (χ1n) is 6.16. The lowest BCUT2D eigenvalue weighted by atomic mass is 9.86. The standard InChI is InChI=1S/C12H18ClN3O2/c1-3-16-10(9(13)8-15-16)11(17)12(18-2)4-6-14-7-5-12/h8,14H,3-7H2,1-2H3. The van der Waals surface area contributed by atoms with Crippen LogP contribution in [-0.2, 0) is 11.3 Å². The number of nitrogens with one attached hydrogen (secondary N) is 1. The van der Waals surface area contributed by atoms with Gasteiger partial charge in [-0.3, -0.25) is 9.48 Å². The average Bonchev–Trinajstić information content (AvgIpc) is 2.79. The van der Waals surface area contributed by atoms with Crippen LogP contribution in [0.15, 0.2) is 6.20 Å². The largest absolute Gasteiger partial charge is 0.370 e. The number of halogens is 1. The molecule has 1 fully saturated rings. The molecule has 1 aliphatic heterocycles. The van der Waals surface area contributed by atoms with Gasteiger partial charge in [0.15, 0.2) is 0 Å². The van der Waals surface area contributed by atoms with E-state index in [4.69, 9.17) is 16.3 Å². The fourth-order valence-corrected chi connectivity index (χ4v) is 2.63. The Hall–Kier alpha value is -0.910. The van der Waals surface area contributed by atoms with E-state index in [9.17, 15) is 4.79 Å². The minimum atomic E-state index is -0.762. The van der Waals surface area contributed by atoms with E-state index in [1.54, 1.807) is 11.8 Å². The molecule has 0 atom stereocenters. The highest BCUT2D eigenvalue weighted by Gasteiger charge is 2.42. The van der Waals surface area contributed by atoms with E-state index >= 15 is 0 Å². The average molecular weight is 272 g/mol. The van der Waals surface area contributed by atoms with Gasteiger partial charge in [0.25, 0.3) is 0 Å². The number of hydrogen-bond donors (Lipinski definition) is 1. The molecule has 0 amide bonds. The van der Waals surface area contributed by atoms with Crippen LogP contribution in [0.4, 0.5) is 0 Å². The summed E-state index contributed by atoms with van der Waals surface area (Å²) in [6.07, 6.45) is 2.84. The van der Waals surface area contributed by atoms with E-state index in [1.165, 1.54) is 6.20 Å². The van der Waals surface area contributed by atoms with Crippen LogP contribution in [0.5, 0.6) is 0 Å². The maximum absolute atomic E-state index is 12.7. The van der Waals surface area contributed by atoms with Gasteiger partial charge in [0, 0.05) is 13.7 Å². The maximum atomic E-state index is 12.7. The number of methoxy groups -OCH3 is 1. The predicted octanol–water partition coefficient (Wildman–Crippen LogP) is 1.51. The molecule has 1 aliphatic rings. The third-order valence-corrected chi connectivity index (χ3v) is 3.80. The number of ketones is 1. The van der Waals surface area contributed by atoms with Gasteiger partial charge in [0.1, 0.15) is 11.3 Å². The monoisotopic (exact) mass is 271 g/mol. The third kappa shape index (κ3) is 2.18. The van der Waals surface area contributed by atoms with E-state index in [0.29, 0.717) is 30.1 Å². The van der Waals surface area contributed by atoms with Gasteiger partial charge >= 0.3 is 0 Å². The van der Waals surface area contributed by atoms with Crippen molar-refractivity contribution in [2.45, 2.75) is 31.9 Å². The Morgan fingerprint density at radius 3 is 2.83 bits per heavy atom. The molecule has 0 saturated carbocycles. The number of ether oxygens (including phenoxy) is 1. The summed E-state index contributed by atoms with van der Waals surface area (Å²) in [6.45, 7) is 4.10. The van der Waals surface area contributed by atoms with Gasteiger partial charge in [-0.15, -0.1) is 0 Å². The Labute approximate surface area is 111 Å². The first-order chi connectivity index (χ1) is 8.64. The molecule has 0 unspecified atom stereocenters. The topological polar surface area (TPSA) is 56.2 Å². The molecule has 100 valence electrons. The number of rotatable bonds is 4. The van der Waals surface area contributed by atoms with E-state index in [1.807, 2.05) is 6.92 Å². The summed E-state index contributed by atoms with van der Waals surface area (Å²) in [5.41, 5.74) is -0.301. The lowest BCUT2D eigenvalue weighted by molar-refractivity contribution is -0.0161. The van der Waals surface area contributed by atoms with Crippen molar-refractivity contribution in [1.29, 1.82) is 0 Å². The Bertz CT molecular complexity index is 439. The van der Waals surface area contributed by atoms with Gasteiger partial charge in [0.05, 0.1) is 11.2 Å². The summed E-state index contributed by atoms with van der Waals surface area (Å²) in [5, 5.41) is 7.74. The first kappa shape index (κ1) is 13.5. The van der Waals surface area contributed by atoms with Crippen molar-refractivity contribution in [2.75, 3.05) is 20.2 Å². The molecule has 0 bridgehead atoms. The van der Waals surface area contributed by atoms with Crippen molar-refractivity contribution in [3.8, 4) is 0 Å². The molecule has 1 saturated heterocycles. The van der Waals surface area contributed by atoms with Crippen LogP contribution in [-0.4, -0.2) is 41.4 Å². The summed E-state index contributed by atoms with van der Waals surface area (Å²) < 4.78 is 7.16. The minimum absolute atomic E-state index is 0.0594. The molecule has 0 radical (unpaired) electrons. The maximum Gasteiger partial charge on any atom is 0.214 e. The lowest BCUT2D eigenvalue weighted by Gasteiger charge is -2.34. The molecule has 0 aliphatic carbocycles. The van der Waals surface area contributed by atoms with Crippen molar-refractivity contribution >= 4 is 17.4 Å². The Balaban J connectivity index is 2.36.